The molecule has 0 aliphatic carbocycles. The molecule has 0 bridgehead atoms. The Balaban J connectivity index is 1.12. The number of nitrogens with zero attached hydrogens (tertiary/aromatic N) is 7. The summed E-state index contributed by atoms with van der Waals surface area (Å²) in [4.78, 5) is 29.2. The fourth-order valence-corrected chi connectivity index (χ4v) is 4.11. The fraction of sp³-hybridized carbons (Fsp3) is 0.348. The summed E-state index contributed by atoms with van der Waals surface area (Å²) in [6.45, 7) is 4.07. The third-order valence-electron chi connectivity index (χ3n) is 6.01. The predicted molar refractivity (Wildman–Crippen MR) is 134 cm³/mol. The van der Waals surface area contributed by atoms with Crippen LogP contribution in [0.2, 0.25) is 0 Å². The van der Waals surface area contributed by atoms with E-state index in [0.717, 1.165) is 19.6 Å². The van der Waals surface area contributed by atoms with Gasteiger partial charge < -0.3 is 30.8 Å². The van der Waals surface area contributed by atoms with Crippen molar-refractivity contribution in [3.8, 4) is 11.6 Å². The van der Waals surface area contributed by atoms with Gasteiger partial charge in [-0.1, -0.05) is 0 Å². The Kier molecular flexibility index (Phi) is 7.09. The first-order valence-corrected chi connectivity index (χ1v) is 11.9. The number of carbonyl (C=O) groups excluding carboxylic acids is 1. The molecule has 0 spiro atoms. The van der Waals surface area contributed by atoms with Gasteiger partial charge in [0.05, 0.1) is 18.6 Å². The van der Waals surface area contributed by atoms with Gasteiger partial charge in [0.1, 0.15) is 5.82 Å². The number of fused-ring (bicyclic) bond motifs is 1. The molecule has 1 amide bonds. The molecule has 1 fully saturated rings. The number of nitrogens with two attached hydrogens (primary N) is 1. The number of aliphatic hydroxyl groups excluding tert-OH is 1. The number of furan rings is 1. The lowest BCUT2D eigenvalue weighted by molar-refractivity contribution is 0.0944. The zero-order chi connectivity index (χ0) is 25.8. The molecule has 5 rings (SSSR count). The van der Waals surface area contributed by atoms with Crippen LogP contribution in [0.3, 0.4) is 0 Å². The second-order valence-corrected chi connectivity index (χ2v) is 8.43. The van der Waals surface area contributed by atoms with Gasteiger partial charge in [0.25, 0.3) is 11.7 Å². The molecule has 3 aromatic heterocycles. The minimum absolute atomic E-state index is 0.125. The van der Waals surface area contributed by atoms with Crippen molar-refractivity contribution in [2.45, 2.75) is 0 Å². The molecule has 5 N–H and O–H groups in total. The SMILES string of the molecule is Nc1nc(NCCN2CCN(c3ccc(C(=O)NCCO)cc3F)CC2)nc2nc(-c3ccco3)nn12. The molecule has 14 heteroatoms. The second-order valence-electron chi connectivity index (χ2n) is 8.43. The van der Waals surface area contributed by atoms with Crippen LogP contribution in [0.25, 0.3) is 17.4 Å². The van der Waals surface area contributed by atoms with Crippen molar-refractivity contribution in [3.63, 3.8) is 0 Å². The molecule has 13 nitrogen and oxygen atoms in total. The summed E-state index contributed by atoms with van der Waals surface area (Å²) >= 11 is 0. The molecule has 1 aromatic carbocycles. The van der Waals surface area contributed by atoms with Crippen LogP contribution < -0.4 is 21.3 Å². The van der Waals surface area contributed by atoms with Crippen LogP contribution in [0.5, 0.6) is 0 Å². The van der Waals surface area contributed by atoms with Crippen molar-refractivity contribution in [1.29, 1.82) is 0 Å². The molecule has 0 radical (unpaired) electrons. The summed E-state index contributed by atoms with van der Waals surface area (Å²) in [7, 11) is 0. The normalized spacial score (nSPS) is 14.3. The minimum Gasteiger partial charge on any atom is -0.461 e. The highest BCUT2D eigenvalue weighted by Gasteiger charge is 2.21. The van der Waals surface area contributed by atoms with E-state index < -0.39 is 11.7 Å². The highest BCUT2D eigenvalue weighted by molar-refractivity contribution is 5.94. The Labute approximate surface area is 211 Å². The molecule has 4 aromatic rings. The van der Waals surface area contributed by atoms with Gasteiger partial charge in [-0.3, -0.25) is 9.69 Å². The number of hydrogen-bond acceptors (Lipinski definition) is 11. The average molecular weight is 511 g/mol. The van der Waals surface area contributed by atoms with Gasteiger partial charge in [-0.15, -0.1) is 5.10 Å². The minimum atomic E-state index is -0.444. The third kappa shape index (κ3) is 5.44. The summed E-state index contributed by atoms with van der Waals surface area (Å²) in [6.07, 6.45) is 1.54. The number of rotatable bonds is 9. The Hall–Kier alpha value is -4.30. The maximum Gasteiger partial charge on any atom is 0.259 e. The van der Waals surface area contributed by atoms with Crippen LogP contribution in [0, 0.1) is 5.82 Å². The van der Waals surface area contributed by atoms with E-state index >= 15 is 0 Å². The van der Waals surface area contributed by atoms with Gasteiger partial charge in [-0.2, -0.15) is 19.5 Å². The molecule has 0 unspecified atom stereocenters. The number of halogens is 1. The number of carbonyl (C=O) groups is 1. The zero-order valence-electron chi connectivity index (χ0n) is 20.0. The monoisotopic (exact) mass is 510 g/mol. The van der Waals surface area contributed by atoms with Crippen LogP contribution in [0.1, 0.15) is 10.4 Å². The van der Waals surface area contributed by atoms with E-state index in [2.05, 4.69) is 35.6 Å². The first-order valence-electron chi connectivity index (χ1n) is 11.9. The summed E-state index contributed by atoms with van der Waals surface area (Å²) in [5.74, 6) is 0.853. The van der Waals surface area contributed by atoms with Gasteiger partial charge in [0.2, 0.25) is 17.7 Å². The molecule has 1 aliphatic rings. The maximum atomic E-state index is 14.7. The molecule has 1 saturated heterocycles. The van der Waals surface area contributed by atoms with E-state index in [4.69, 9.17) is 15.3 Å². The van der Waals surface area contributed by atoms with Crippen LogP contribution in [0.4, 0.5) is 22.0 Å². The Bertz CT molecular complexity index is 1370. The number of amides is 1. The van der Waals surface area contributed by atoms with Crippen molar-refractivity contribution in [2.24, 2.45) is 0 Å². The van der Waals surface area contributed by atoms with E-state index in [9.17, 15) is 9.18 Å². The van der Waals surface area contributed by atoms with E-state index in [1.807, 2.05) is 4.90 Å². The van der Waals surface area contributed by atoms with Crippen molar-refractivity contribution in [3.05, 3.63) is 48.0 Å². The molecule has 4 heterocycles. The van der Waals surface area contributed by atoms with Gasteiger partial charge in [0, 0.05) is 51.4 Å². The van der Waals surface area contributed by atoms with Crippen molar-refractivity contribution in [1.82, 2.24) is 34.8 Å². The van der Waals surface area contributed by atoms with E-state index in [1.165, 1.54) is 16.8 Å². The second kappa shape index (κ2) is 10.8. The van der Waals surface area contributed by atoms with Gasteiger partial charge >= 0.3 is 0 Å². The zero-order valence-corrected chi connectivity index (χ0v) is 20.0. The molecule has 0 atom stereocenters. The highest BCUT2D eigenvalue weighted by Crippen LogP contribution is 2.22. The fourth-order valence-electron chi connectivity index (χ4n) is 4.11. The number of nitrogen functional groups attached to an aromatic ring is 1. The van der Waals surface area contributed by atoms with Crippen LogP contribution in [-0.4, -0.2) is 92.9 Å². The lowest BCUT2D eigenvalue weighted by atomic mass is 10.1. The first kappa shape index (κ1) is 24.4. The van der Waals surface area contributed by atoms with Crippen molar-refractivity contribution >= 4 is 29.3 Å². The topological polar surface area (TPSA) is 163 Å². The lowest BCUT2D eigenvalue weighted by Crippen LogP contribution is -2.48. The third-order valence-corrected chi connectivity index (χ3v) is 6.01. The molecule has 194 valence electrons. The largest absolute Gasteiger partial charge is 0.461 e. The van der Waals surface area contributed by atoms with E-state index in [1.54, 1.807) is 24.3 Å². The van der Waals surface area contributed by atoms with Crippen molar-refractivity contribution in [2.75, 3.05) is 68.4 Å². The quantitative estimate of drug-likeness (QED) is 0.247. The van der Waals surface area contributed by atoms with E-state index in [-0.39, 0.29) is 24.7 Å². The highest BCUT2D eigenvalue weighted by atomic mass is 19.1. The average Bonchev–Trinajstić information content (AvgIpc) is 3.58. The van der Waals surface area contributed by atoms with Gasteiger partial charge in [0.15, 0.2) is 5.76 Å². The predicted octanol–water partition coefficient (Wildman–Crippen LogP) is 0.457. The summed E-state index contributed by atoms with van der Waals surface area (Å²) in [5.41, 5.74) is 6.72. The molecule has 37 heavy (non-hydrogen) atoms. The van der Waals surface area contributed by atoms with Gasteiger partial charge in [-0.25, -0.2) is 4.39 Å². The number of piperazine rings is 1. The first-order chi connectivity index (χ1) is 18.0. The maximum absolute atomic E-state index is 14.7. The van der Waals surface area contributed by atoms with Gasteiger partial charge in [-0.05, 0) is 30.3 Å². The van der Waals surface area contributed by atoms with Crippen LogP contribution >= 0.6 is 0 Å². The summed E-state index contributed by atoms with van der Waals surface area (Å²) in [5, 5.41) is 18.8. The number of hydrogen-bond donors (Lipinski definition) is 4. The number of nitrogens with one attached hydrogen (secondary N) is 2. The molecular weight excluding hydrogens is 483 g/mol. The van der Waals surface area contributed by atoms with Crippen LogP contribution in [0.15, 0.2) is 41.0 Å². The number of aromatic nitrogens is 5. The lowest BCUT2D eigenvalue weighted by Gasteiger charge is -2.36. The standard InChI is InChI=1S/C23H27FN10O3/c24-16-14-15(20(36)26-6-12-35)3-4-17(16)33-10-8-32(9-11-33)7-5-27-22-29-21(25)34-23(30-22)28-19(31-34)18-2-1-13-37-18/h1-4,13-14,35H,5-12H2,(H,26,36)(H3,25,27,28,29,30,31). The number of benzene rings is 1. The van der Waals surface area contributed by atoms with Crippen LogP contribution in [-0.2, 0) is 0 Å². The Morgan fingerprint density at radius 1 is 1.14 bits per heavy atom. The summed E-state index contributed by atoms with van der Waals surface area (Å²) < 4.78 is 21.4. The molecular formula is C23H27FN10O3. The molecule has 1 aliphatic heterocycles. The molecule has 0 saturated carbocycles. The number of anilines is 3. The summed E-state index contributed by atoms with van der Waals surface area (Å²) in [6, 6.07) is 7.95. The van der Waals surface area contributed by atoms with E-state index in [0.29, 0.717) is 48.6 Å². The Morgan fingerprint density at radius 3 is 2.70 bits per heavy atom. The number of aliphatic hydroxyl groups is 1. The smallest absolute Gasteiger partial charge is 0.259 e. The Morgan fingerprint density at radius 2 is 1.97 bits per heavy atom. The van der Waals surface area contributed by atoms with Crippen molar-refractivity contribution < 1.29 is 18.7 Å².